The third kappa shape index (κ3) is 2.67. The van der Waals surface area contributed by atoms with Crippen LogP contribution in [0.1, 0.15) is 36.8 Å². The van der Waals surface area contributed by atoms with Crippen LogP contribution in [0, 0.1) is 12.8 Å². The van der Waals surface area contributed by atoms with E-state index in [0.717, 1.165) is 5.92 Å². The Balaban J connectivity index is 2.18. The minimum absolute atomic E-state index is 0.680. The fourth-order valence-corrected chi connectivity index (χ4v) is 3.08. The molecular weight excluding hydrogens is 262 g/mol. The molecule has 1 aliphatic heterocycles. The molecule has 1 aromatic rings. The molecule has 0 spiro atoms. The Bertz CT molecular complexity index is 356. The van der Waals surface area contributed by atoms with Crippen LogP contribution in [-0.4, -0.2) is 13.1 Å². The molecule has 1 N–H and O–H groups in total. The summed E-state index contributed by atoms with van der Waals surface area (Å²) in [6, 6.07) is 6.65. The maximum Gasteiger partial charge on any atom is 0.0178 e. The van der Waals surface area contributed by atoms with Crippen LogP contribution in [-0.2, 0) is 0 Å². The van der Waals surface area contributed by atoms with E-state index in [1.54, 1.807) is 0 Å². The third-order valence-electron chi connectivity index (χ3n) is 3.82. The first-order valence-corrected chi connectivity index (χ1v) is 6.94. The zero-order valence-electron chi connectivity index (χ0n) is 10.1. The van der Waals surface area contributed by atoms with Gasteiger partial charge in [-0.2, -0.15) is 0 Å². The van der Waals surface area contributed by atoms with E-state index < -0.39 is 0 Å². The molecule has 0 radical (unpaired) electrons. The highest BCUT2D eigenvalue weighted by Crippen LogP contribution is 2.33. The molecule has 0 bridgehead atoms. The van der Waals surface area contributed by atoms with Gasteiger partial charge in [0.25, 0.3) is 0 Å². The number of nitrogens with one attached hydrogen (secondary N) is 1. The average Bonchev–Trinajstić information content (AvgIpc) is 2.32. The van der Waals surface area contributed by atoms with Crippen molar-refractivity contribution < 1.29 is 0 Å². The van der Waals surface area contributed by atoms with Crippen molar-refractivity contribution in [1.82, 2.24) is 5.32 Å². The number of aryl methyl sites for hydroxylation is 1. The maximum absolute atomic E-state index is 3.58. The van der Waals surface area contributed by atoms with E-state index in [1.165, 1.54) is 41.5 Å². The molecule has 0 saturated carbocycles. The smallest absolute Gasteiger partial charge is 0.0178 e. The van der Waals surface area contributed by atoms with Crippen molar-refractivity contribution in [3.05, 3.63) is 33.8 Å². The highest BCUT2D eigenvalue weighted by Gasteiger charge is 2.22. The van der Waals surface area contributed by atoms with Gasteiger partial charge in [0.2, 0.25) is 0 Å². The van der Waals surface area contributed by atoms with Crippen molar-refractivity contribution in [1.29, 1.82) is 0 Å². The highest BCUT2D eigenvalue weighted by atomic mass is 79.9. The van der Waals surface area contributed by atoms with Crippen LogP contribution in [0.4, 0.5) is 0 Å². The van der Waals surface area contributed by atoms with Gasteiger partial charge in [0, 0.05) is 4.47 Å². The molecule has 1 atom stereocenters. The van der Waals surface area contributed by atoms with Gasteiger partial charge in [-0.1, -0.05) is 28.9 Å². The Kier molecular flexibility index (Phi) is 4.04. The van der Waals surface area contributed by atoms with Crippen molar-refractivity contribution >= 4 is 15.9 Å². The molecular formula is C14H20BrN. The van der Waals surface area contributed by atoms with Crippen molar-refractivity contribution in [2.45, 2.75) is 32.6 Å². The normalized spacial score (nSPS) is 19.7. The summed E-state index contributed by atoms with van der Waals surface area (Å²) in [5.74, 6) is 1.52. The summed E-state index contributed by atoms with van der Waals surface area (Å²) < 4.78 is 1.20. The topological polar surface area (TPSA) is 12.0 Å². The van der Waals surface area contributed by atoms with Crippen LogP contribution in [0.25, 0.3) is 0 Å². The fourth-order valence-electron chi connectivity index (χ4n) is 2.70. The summed E-state index contributed by atoms with van der Waals surface area (Å²) in [7, 11) is 0. The first-order valence-electron chi connectivity index (χ1n) is 6.15. The van der Waals surface area contributed by atoms with Gasteiger partial charge in [-0.3, -0.25) is 0 Å². The second-order valence-corrected chi connectivity index (χ2v) is 5.79. The molecule has 1 saturated heterocycles. The molecule has 0 amide bonds. The van der Waals surface area contributed by atoms with Gasteiger partial charge in [-0.25, -0.2) is 0 Å². The lowest BCUT2D eigenvalue weighted by Gasteiger charge is -2.29. The van der Waals surface area contributed by atoms with Crippen molar-refractivity contribution in [2.75, 3.05) is 13.1 Å². The predicted molar refractivity (Wildman–Crippen MR) is 72.9 cm³/mol. The van der Waals surface area contributed by atoms with Crippen LogP contribution in [0.3, 0.4) is 0 Å². The lowest BCUT2D eigenvalue weighted by molar-refractivity contribution is 0.329. The standard InChI is InChI=1S/C14H20BrN/c1-10-3-4-13(15)9-14(10)11(2)12-5-7-16-8-6-12/h3-4,9,11-12,16H,5-8H2,1-2H3. The third-order valence-corrected chi connectivity index (χ3v) is 4.32. The highest BCUT2D eigenvalue weighted by molar-refractivity contribution is 9.10. The minimum atomic E-state index is 0.680. The van der Waals surface area contributed by atoms with E-state index in [-0.39, 0.29) is 0 Å². The molecule has 2 rings (SSSR count). The Morgan fingerprint density at radius 1 is 1.31 bits per heavy atom. The second kappa shape index (κ2) is 5.33. The molecule has 1 unspecified atom stereocenters. The molecule has 16 heavy (non-hydrogen) atoms. The van der Waals surface area contributed by atoms with E-state index in [0.29, 0.717) is 5.92 Å². The average molecular weight is 282 g/mol. The van der Waals surface area contributed by atoms with Gasteiger partial charge in [0.15, 0.2) is 0 Å². The first kappa shape index (κ1) is 12.1. The molecule has 1 heterocycles. The Labute approximate surface area is 107 Å². The number of hydrogen-bond donors (Lipinski definition) is 1. The summed E-state index contributed by atoms with van der Waals surface area (Å²) in [5, 5.41) is 3.44. The quantitative estimate of drug-likeness (QED) is 0.868. The van der Waals surface area contributed by atoms with Gasteiger partial charge in [0.05, 0.1) is 0 Å². The predicted octanol–water partition coefficient (Wildman–Crippen LogP) is 3.86. The monoisotopic (exact) mass is 281 g/mol. The number of piperidine rings is 1. The number of hydrogen-bond acceptors (Lipinski definition) is 1. The van der Waals surface area contributed by atoms with E-state index in [4.69, 9.17) is 0 Å². The molecule has 0 aliphatic carbocycles. The summed E-state index contributed by atoms with van der Waals surface area (Å²) >= 11 is 3.58. The minimum Gasteiger partial charge on any atom is -0.317 e. The lowest BCUT2D eigenvalue weighted by atomic mass is 9.80. The van der Waals surface area contributed by atoms with Gasteiger partial charge in [0.1, 0.15) is 0 Å². The van der Waals surface area contributed by atoms with Gasteiger partial charge in [-0.05, 0) is 68.0 Å². The second-order valence-electron chi connectivity index (χ2n) is 4.88. The SMILES string of the molecule is Cc1ccc(Br)cc1C(C)C1CCNCC1. The van der Waals surface area contributed by atoms with Crippen LogP contribution in [0.2, 0.25) is 0 Å². The first-order chi connectivity index (χ1) is 7.68. The molecule has 0 aromatic heterocycles. The zero-order chi connectivity index (χ0) is 11.5. The fraction of sp³-hybridized carbons (Fsp3) is 0.571. The van der Waals surface area contributed by atoms with Crippen LogP contribution < -0.4 is 5.32 Å². The lowest BCUT2D eigenvalue weighted by Crippen LogP contribution is -2.30. The maximum atomic E-state index is 3.58. The summed E-state index contributed by atoms with van der Waals surface area (Å²) in [4.78, 5) is 0. The summed E-state index contributed by atoms with van der Waals surface area (Å²) in [6.07, 6.45) is 2.63. The van der Waals surface area contributed by atoms with Crippen molar-refractivity contribution in [2.24, 2.45) is 5.92 Å². The van der Waals surface area contributed by atoms with Crippen LogP contribution in [0.15, 0.2) is 22.7 Å². The number of halogens is 1. The Morgan fingerprint density at radius 2 is 2.00 bits per heavy atom. The van der Waals surface area contributed by atoms with Crippen LogP contribution >= 0.6 is 15.9 Å². The van der Waals surface area contributed by atoms with E-state index in [1.807, 2.05) is 0 Å². The van der Waals surface area contributed by atoms with Gasteiger partial charge >= 0.3 is 0 Å². The largest absolute Gasteiger partial charge is 0.317 e. The number of rotatable bonds is 2. The molecule has 1 fully saturated rings. The molecule has 1 aliphatic rings. The van der Waals surface area contributed by atoms with E-state index in [2.05, 4.69) is 53.3 Å². The zero-order valence-corrected chi connectivity index (χ0v) is 11.7. The molecule has 1 nitrogen and oxygen atoms in total. The van der Waals surface area contributed by atoms with E-state index >= 15 is 0 Å². The van der Waals surface area contributed by atoms with Gasteiger partial charge in [-0.15, -0.1) is 0 Å². The number of benzene rings is 1. The van der Waals surface area contributed by atoms with Crippen molar-refractivity contribution in [3.8, 4) is 0 Å². The molecule has 1 aromatic carbocycles. The van der Waals surface area contributed by atoms with Crippen molar-refractivity contribution in [3.63, 3.8) is 0 Å². The Morgan fingerprint density at radius 3 is 2.69 bits per heavy atom. The summed E-state index contributed by atoms with van der Waals surface area (Å²) in [5.41, 5.74) is 2.94. The van der Waals surface area contributed by atoms with Gasteiger partial charge < -0.3 is 5.32 Å². The molecule has 2 heteroatoms. The Hall–Kier alpha value is -0.340. The van der Waals surface area contributed by atoms with E-state index in [9.17, 15) is 0 Å². The van der Waals surface area contributed by atoms with Crippen LogP contribution in [0.5, 0.6) is 0 Å². The molecule has 88 valence electrons. The summed E-state index contributed by atoms with van der Waals surface area (Å²) in [6.45, 7) is 6.97.